The first-order chi connectivity index (χ1) is 10.4. The van der Waals surface area contributed by atoms with Crippen LogP contribution < -0.4 is 5.62 Å². The van der Waals surface area contributed by atoms with Gasteiger partial charge in [-0.1, -0.05) is 57.2 Å². The van der Waals surface area contributed by atoms with Crippen molar-refractivity contribution in [3.63, 3.8) is 0 Å². The van der Waals surface area contributed by atoms with Gasteiger partial charge in [0.2, 0.25) is 5.62 Å². The molecule has 0 saturated heterocycles. The van der Waals surface area contributed by atoms with Crippen LogP contribution in [-0.4, -0.2) is 9.13 Å². The summed E-state index contributed by atoms with van der Waals surface area (Å²) in [7, 11) is 1.95. The summed E-state index contributed by atoms with van der Waals surface area (Å²) in [5, 5.41) is 8.34. The second kappa shape index (κ2) is 6.36. The lowest BCUT2D eigenvalue weighted by atomic mass is 9.87. The van der Waals surface area contributed by atoms with Crippen LogP contribution in [0.4, 0.5) is 0 Å². The Bertz CT molecular complexity index is 864. The van der Waals surface area contributed by atoms with Gasteiger partial charge in [0.15, 0.2) is 0 Å². The molecule has 1 aromatic heterocycles. The summed E-state index contributed by atoms with van der Waals surface area (Å²) in [6, 6.07) is 16.9. The molecule has 1 heterocycles. The van der Waals surface area contributed by atoms with Crippen molar-refractivity contribution in [2.75, 3.05) is 0 Å². The standard InChI is InChI=1S/C19H23N3.BrH/c1-19(2,3)15-11-9-14(10-12-15)13-22-17-8-6-5-7-16(17)21(4)18(22)20;/h5-12,20H,13H2,1-4H3;1H. The van der Waals surface area contributed by atoms with Gasteiger partial charge >= 0.3 is 0 Å². The number of aromatic nitrogens is 2. The third-order valence-electron chi connectivity index (χ3n) is 4.27. The SMILES string of the molecule is Br.Cn1c(=N)n(Cc2ccc(C(C)(C)C)cc2)c2ccccc21. The van der Waals surface area contributed by atoms with Crippen LogP contribution in [0, 0.1) is 5.41 Å². The molecule has 0 amide bonds. The Morgan fingerprint density at radius 1 is 0.913 bits per heavy atom. The van der Waals surface area contributed by atoms with Crippen LogP contribution in [0.5, 0.6) is 0 Å². The van der Waals surface area contributed by atoms with Crippen LogP contribution in [0.2, 0.25) is 0 Å². The third kappa shape index (κ3) is 3.27. The maximum Gasteiger partial charge on any atom is 0.203 e. The fraction of sp³-hybridized carbons (Fsp3) is 0.316. The number of hydrogen-bond acceptors (Lipinski definition) is 1. The van der Waals surface area contributed by atoms with Crippen LogP contribution in [-0.2, 0) is 19.0 Å². The van der Waals surface area contributed by atoms with Gasteiger partial charge in [0, 0.05) is 7.05 Å². The number of nitrogens with one attached hydrogen (secondary N) is 1. The molecule has 0 aliphatic rings. The van der Waals surface area contributed by atoms with Crippen LogP contribution in [0.15, 0.2) is 48.5 Å². The lowest BCUT2D eigenvalue weighted by Gasteiger charge is -2.19. The summed E-state index contributed by atoms with van der Waals surface area (Å²) in [5.74, 6) is 0. The van der Waals surface area contributed by atoms with Crippen LogP contribution in [0.3, 0.4) is 0 Å². The highest BCUT2D eigenvalue weighted by molar-refractivity contribution is 8.93. The summed E-state index contributed by atoms with van der Waals surface area (Å²) in [6.07, 6.45) is 0. The number of benzene rings is 2. The quantitative estimate of drug-likeness (QED) is 0.691. The second-order valence-electron chi connectivity index (χ2n) is 6.90. The number of imidazole rings is 1. The molecule has 0 bridgehead atoms. The minimum Gasteiger partial charge on any atom is -0.313 e. The average molecular weight is 374 g/mol. The maximum absolute atomic E-state index is 8.34. The largest absolute Gasteiger partial charge is 0.313 e. The number of rotatable bonds is 2. The van der Waals surface area contributed by atoms with E-state index in [1.807, 2.05) is 23.7 Å². The van der Waals surface area contributed by atoms with Gasteiger partial charge in [-0.25, -0.2) is 0 Å². The van der Waals surface area contributed by atoms with E-state index in [2.05, 4.69) is 61.7 Å². The van der Waals surface area contributed by atoms with Gasteiger partial charge < -0.3 is 9.13 Å². The molecule has 3 nitrogen and oxygen atoms in total. The number of fused-ring (bicyclic) bond motifs is 1. The topological polar surface area (TPSA) is 33.7 Å². The summed E-state index contributed by atoms with van der Waals surface area (Å²) in [5.41, 5.74) is 5.47. The van der Waals surface area contributed by atoms with Crippen molar-refractivity contribution in [3.8, 4) is 0 Å². The molecule has 0 spiro atoms. The third-order valence-corrected chi connectivity index (χ3v) is 4.27. The Hall–Kier alpha value is -1.81. The Morgan fingerprint density at radius 3 is 2.04 bits per heavy atom. The molecule has 0 aliphatic carbocycles. The average Bonchev–Trinajstić information content (AvgIpc) is 2.73. The molecule has 1 N–H and O–H groups in total. The lowest BCUT2D eigenvalue weighted by Crippen LogP contribution is -2.23. The van der Waals surface area contributed by atoms with Gasteiger partial charge in [-0.05, 0) is 28.7 Å². The molecule has 0 aliphatic heterocycles. The molecule has 0 atom stereocenters. The zero-order valence-electron chi connectivity index (χ0n) is 14.1. The number of halogens is 1. The van der Waals surface area contributed by atoms with Crippen molar-refractivity contribution in [2.45, 2.75) is 32.7 Å². The Morgan fingerprint density at radius 2 is 1.48 bits per heavy atom. The van der Waals surface area contributed by atoms with Gasteiger partial charge in [-0.2, -0.15) is 0 Å². The minimum atomic E-state index is 0. The minimum absolute atomic E-state index is 0. The highest BCUT2D eigenvalue weighted by Gasteiger charge is 2.13. The van der Waals surface area contributed by atoms with E-state index >= 15 is 0 Å². The number of hydrogen-bond donors (Lipinski definition) is 1. The molecule has 2 aromatic carbocycles. The molecule has 0 fully saturated rings. The molecule has 3 rings (SSSR count). The lowest BCUT2D eigenvalue weighted by molar-refractivity contribution is 0.589. The van der Waals surface area contributed by atoms with Crippen molar-refractivity contribution >= 4 is 28.0 Å². The first kappa shape index (κ1) is 17.5. The molecule has 4 heteroatoms. The molecular weight excluding hydrogens is 350 g/mol. The molecule has 0 unspecified atom stereocenters. The number of para-hydroxylation sites is 2. The van der Waals surface area contributed by atoms with Crippen molar-refractivity contribution in [1.29, 1.82) is 5.41 Å². The normalized spacial score (nSPS) is 11.5. The van der Waals surface area contributed by atoms with Gasteiger partial charge in [0.25, 0.3) is 0 Å². The molecule has 0 saturated carbocycles. The first-order valence-corrected chi connectivity index (χ1v) is 7.66. The van der Waals surface area contributed by atoms with Gasteiger partial charge in [-0.3, -0.25) is 5.41 Å². The van der Waals surface area contributed by atoms with Crippen LogP contribution >= 0.6 is 17.0 Å². The fourth-order valence-corrected chi connectivity index (χ4v) is 2.84. The smallest absolute Gasteiger partial charge is 0.203 e. The maximum atomic E-state index is 8.34. The zero-order chi connectivity index (χ0) is 15.9. The summed E-state index contributed by atoms with van der Waals surface area (Å²) >= 11 is 0. The highest BCUT2D eigenvalue weighted by atomic mass is 79.9. The van der Waals surface area contributed by atoms with Crippen LogP contribution in [0.25, 0.3) is 11.0 Å². The Labute approximate surface area is 147 Å². The van der Waals surface area contributed by atoms with Crippen molar-refractivity contribution < 1.29 is 0 Å². The van der Waals surface area contributed by atoms with E-state index < -0.39 is 0 Å². The molecule has 0 radical (unpaired) electrons. The van der Waals surface area contributed by atoms with E-state index in [1.165, 1.54) is 11.1 Å². The van der Waals surface area contributed by atoms with E-state index in [0.717, 1.165) is 17.6 Å². The monoisotopic (exact) mass is 373 g/mol. The number of aryl methyl sites for hydroxylation is 1. The highest BCUT2D eigenvalue weighted by Crippen LogP contribution is 2.22. The fourth-order valence-electron chi connectivity index (χ4n) is 2.84. The molecule has 3 aromatic rings. The van der Waals surface area contributed by atoms with Gasteiger partial charge in [0.05, 0.1) is 17.6 Å². The van der Waals surface area contributed by atoms with Gasteiger partial charge in [-0.15, -0.1) is 17.0 Å². The van der Waals surface area contributed by atoms with E-state index in [0.29, 0.717) is 5.62 Å². The summed E-state index contributed by atoms with van der Waals surface area (Å²) in [4.78, 5) is 0. The summed E-state index contributed by atoms with van der Waals surface area (Å²) < 4.78 is 3.99. The van der Waals surface area contributed by atoms with E-state index in [9.17, 15) is 0 Å². The second-order valence-corrected chi connectivity index (χ2v) is 6.90. The Kier molecular flexibility index (Phi) is 4.85. The van der Waals surface area contributed by atoms with Crippen molar-refractivity contribution in [2.24, 2.45) is 7.05 Å². The molecule has 122 valence electrons. The van der Waals surface area contributed by atoms with E-state index in [4.69, 9.17) is 5.41 Å². The zero-order valence-corrected chi connectivity index (χ0v) is 15.8. The summed E-state index contributed by atoms with van der Waals surface area (Å²) in [6.45, 7) is 7.40. The van der Waals surface area contributed by atoms with Crippen molar-refractivity contribution in [3.05, 3.63) is 65.3 Å². The van der Waals surface area contributed by atoms with Gasteiger partial charge in [0.1, 0.15) is 0 Å². The molecule has 23 heavy (non-hydrogen) atoms. The van der Waals surface area contributed by atoms with Crippen LogP contribution in [0.1, 0.15) is 31.9 Å². The number of nitrogens with zero attached hydrogens (tertiary/aromatic N) is 2. The predicted molar refractivity (Wildman–Crippen MR) is 101 cm³/mol. The van der Waals surface area contributed by atoms with E-state index in [1.54, 1.807) is 0 Å². The predicted octanol–water partition coefficient (Wildman–Crippen LogP) is 4.38. The van der Waals surface area contributed by atoms with E-state index in [-0.39, 0.29) is 22.4 Å². The first-order valence-electron chi connectivity index (χ1n) is 7.66. The van der Waals surface area contributed by atoms with Crippen molar-refractivity contribution in [1.82, 2.24) is 9.13 Å². The molecular formula is C19H24BrN3. The Balaban J connectivity index is 0.00000192.